The van der Waals surface area contributed by atoms with E-state index in [0.29, 0.717) is 6.42 Å². The zero-order chi connectivity index (χ0) is 10.4. The van der Waals surface area contributed by atoms with Crippen LogP contribution >= 0.6 is 0 Å². The highest BCUT2D eigenvalue weighted by Gasteiger charge is 2.17. The molecule has 0 aromatic carbocycles. The molecule has 1 unspecified atom stereocenters. The fraction of sp³-hybridized carbons (Fsp3) is 0.900. The van der Waals surface area contributed by atoms with Crippen LogP contribution in [-0.4, -0.2) is 41.8 Å². The van der Waals surface area contributed by atoms with Gasteiger partial charge in [-0.1, -0.05) is 0 Å². The number of hydrogen-bond donors (Lipinski definition) is 2. The Morgan fingerprint density at radius 1 is 1.43 bits per heavy atom. The highest BCUT2D eigenvalue weighted by Crippen LogP contribution is 2.08. The number of likely N-dealkylation sites (tertiary alicyclic amines) is 1. The number of aliphatic hydroxyl groups excluding tert-OH is 1. The average molecular weight is 200 g/mol. The van der Waals surface area contributed by atoms with Crippen LogP contribution < -0.4 is 5.32 Å². The minimum atomic E-state index is 0.0191. The van der Waals surface area contributed by atoms with E-state index in [0.717, 1.165) is 25.9 Å². The first kappa shape index (κ1) is 11.3. The number of amides is 2. The number of carbonyl (C=O) groups excluding carboxylic acids is 1. The summed E-state index contributed by atoms with van der Waals surface area (Å²) in [5, 5.41) is 11.6. The molecule has 1 rings (SSSR count). The van der Waals surface area contributed by atoms with Crippen molar-refractivity contribution in [3.05, 3.63) is 0 Å². The normalized spacial score (nSPS) is 19.1. The Hall–Kier alpha value is -0.770. The van der Waals surface area contributed by atoms with Gasteiger partial charge in [0.15, 0.2) is 0 Å². The van der Waals surface area contributed by atoms with Gasteiger partial charge in [0.25, 0.3) is 0 Å². The standard InChI is InChI=1S/C10H20N2O2/c1-9(5-8-13)11-10(14)12-6-3-2-4-7-12/h9,13H,2-8H2,1H3,(H,11,14). The third-order valence-electron chi connectivity index (χ3n) is 2.58. The molecule has 1 atom stereocenters. The van der Waals surface area contributed by atoms with Crippen molar-refractivity contribution < 1.29 is 9.90 Å². The van der Waals surface area contributed by atoms with E-state index in [-0.39, 0.29) is 18.7 Å². The molecule has 0 radical (unpaired) electrons. The van der Waals surface area contributed by atoms with Crippen molar-refractivity contribution in [2.75, 3.05) is 19.7 Å². The second-order valence-corrected chi connectivity index (χ2v) is 3.91. The lowest BCUT2D eigenvalue weighted by Gasteiger charge is -2.28. The quantitative estimate of drug-likeness (QED) is 0.712. The Morgan fingerprint density at radius 3 is 2.64 bits per heavy atom. The van der Waals surface area contributed by atoms with Gasteiger partial charge in [0.2, 0.25) is 0 Å². The van der Waals surface area contributed by atoms with Crippen molar-refractivity contribution in [2.24, 2.45) is 0 Å². The molecule has 0 aromatic rings. The lowest BCUT2D eigenvalue weighted by Crippen LogP contribution is -2.46. The molecule has 82 valence electrons. The summed E-state index contributed by atoms with van der Waals surface area (Å²) in [7, 11) is 0. The maximum atomic E-state index is 11.6. The first-order valence-corrected chi connectivity index (χ1v) is 5.40. The molecular weight excluding hydrogens is 180 g/mol. The zero-order valence-electron chi connectivity index (χ0n) is 8.83. The Kier molecular flexibility index (Phi) is 4.73. The molecule has 1 aliphatic rings. The van der Waals surface area contributed by atoms with E-state index >= 15 is 0 Å². The van der Waals surface area contributed by atoms with Crippen LogP contribution in [0.4, 0.5) is 4.79 Å². The molecule has 0 saturated carbocycles. The van der Waals surface area contributed by atoms with Crippen LogP contribution in [0, 0.1) is 0 Å². The zero-order valence-corrected chi connectivity index (χ0v) is 8.83. The Bertz CT molecular complexity index is 179. The van der Waals surface area contributed by atoms with E-state index in [2.05, 4.69) is 5.32 Å². The van der Waals surface area contributed by atoms with Crippen LogP contribution in [0.3, 0.4) is 0 Å². The second kappa shape index (κ2) is 5.86. The van der Waals surface area contributed by atoms with Gasteiger partial charge in [-0.3, -0.25) is 0 Å². The van der Waals surface area contributed by atoms with Gasteiger partial charge in [-0.05, 0) is 32.6 Å². The van der Waals surface area contributed by atoms with Gasteiger partial charge in [-0.25, -0.2) is 4.79 Å². The number of carbonyl (C=O) groups is 1. The number of aliphatic hydroxyl groups is 1. The van der Waals surface area contributed by atoms with E-state index in [4.69, 9.17) is 5.11 Å². The number of nitrogens with zero attached hydrogens (tertiary/aromatic N) is 1. The molecular formula is C10H20N2O2. The third kappa shape index (κ3) is 3.54. The van der Waals surface area contributed by atoms with Crippen LogP contribution in [0.5, 0.6) is 0 Å². The molecule has 4 heteroatoms. The first-order valence-electron chi connectivity index (χ1n) is 5.40. The molecule has 1 fully saturated rings. The van der Waals surface area contributed by atoms with Crippen molar-refractivity contribution in [3.63, 3.8) is 0 Å². The van der Waals surface area contributed by atoms with E-state index in [1.807, 2.05) is 11.8 Å². The molecule has 0 aliphatic carbocycles. The van der Waals surface area contributed by atoms with Crippen LogP contribution in [0.2, 0.25) is 0 Å². The lowest BCUT2D eigenvalue weighted by molar-refractivity contribution is 0.180. The van der Waals surface area contributed by atoms with Crippen LogP contribution in [0.25, 0.3) is 0 Å². The number of hydrogen-bond acceptors (Lipinski definition) is 2. The summed E-state index contributed by atoms with van der Waals surface area (Å²) in [4.78, 5) is 13.5. The summed E-state index contributed by atoms with van der Waals surface area (Å²) in [5.74, 6) is 0. The molecule has 1 aliphatic heterocycles. The minimum Gasteiger partial charge on any atom is -0.396 e. The number of piperidine rings is 1. The fourth-order valence-corrected chi connectivity index (χ4v) is 1.66. The number of nitrogens with one attached hydrogen (secondary N) is 1. The molecule has 0 bridgehead atoms. The summed E-state index contributed by atoms with van der Waals surface area (Å²) in [5.41, 5.74) is 0. The first-order chi connectivity index (χ1) is 6.74. The van der Waals surface area contributed by atoms with E-state index < -0.39 is 0 Å². The van der Waals surface area contributed by atoms with Gasteiger partial charge in [-0.2, -0.15) is 0 Å². The Balaban J connectivity index is 2.25. The molecule has 1 heterocycles. The Labute approximate surface area is 85.3 Å². The van der Waals surface area contributed by atoms with Crippen molar-refractivity contribution in [1.82, 2.24) is 10.2 Å². The van der Waals surface area contributed by atoms with Crippen molar-refractivity contribution in [2.45, 2.75) is 38.6 Å². The molecule has 2 amide bonds. The minimum absolute atomic E-state index is 0.0191. The van der Waals surface area contributed by atoms with Crippen LogP contribution in [0.1, 0.15) is 32.6 Å². The van der Waals surface area contributed by atoms with Crippen LogP contribution in [-0.2, 0) is 0 Å². The average Bonchev–Trinajstić information content (AvgIpc) is 2.19. The predicted octanol–water partition coefficient (Wildman–Crippen LogP) is 0.953. The molecule has 14 heavy (non-hydrogen) atoms. The van der Waals surface area contributed by atoms with Crippen molar-refractivity contribution in [3.8, 4) is 0 Å². The highest BCUT2D eigenvalue weighted by atomic mass is 16.3. The number of urea groups is 1. The molecule has 0 aromatic heterocycles. The summed E-state index contributed by atoms with van der Waals surface area (Å²) in [6.45, 7) is 3.79. The molecule has 2 N–H and O–H groups in total. The SMILES string of the molecule is CC(CCO)NC(=O)N1CCCCC1. The summed E-state index contributed by atoms with van der Waals surface area (Å²) < 4.78 is 0. The largest absolute Gasteiger partial charge is 0.396 e. The van der Waals surface area contributed by atoms with Crippen LogP contribution in [0.15, 0.2) is 0 Å². The van der Waals surface area contributed by atoms with Gasteiger partial charge in [0, 0.05) is 25.7 Å². The Morgan fingerprint density at radius 2 is 2.07 bits per heavy atom. The van der Waals surface area contributed by atoms with Gasteiger partial charge in [0.1, 0.15) is 0 Å². The second-order valence-electron chi connectivity index (χ2n) is 3.91. The molecule has 4 nitrogen and oxygen atoms in total. The maximum Gasteiger partial charge on any atom is 0.317 e. The summed E-state index contributed by atoms with van der Waals surface area (Å²) in [6.07, 6.45) is 4.08. The molecule has 1 saturated heterocycles. The number of rotatable bonds is 3. The van der Waals surface area contributed by atoms with Gasteiger partial charge < -0.3 is 15.3 Å². The predicted molar refractivity (Wildman–Crippen MR) is 55.1 cm³/mol. The van der Waals surface area contributed by atoms with Gasteiger partial charge in [0.05, 0.1) is 0 Å². The highest BCUT2D eigenvalue weighted by molar-refractivity contribution is 5.74. The maximum absolute atomic E-state index is 11.6. The van der Waals surface area contributed by atoms with E-state index in [1.54, 1.807) is 0 Å². The molecule has 0 spiro atoms. The smallest absolute Gasteiger partial charge is 0.317 e. The summed E-state index contributed by atoms with van der Waals surface area (Å²) >= 11 is 0. The summed E-state index contributed by atoms with van der Waals surface area (Å²) in [6, 6.07) is 0.0834. The van der Waals surface area contributed by atoms with Crippen molar-refractivity contribution in [1.29, 1.82) is 0 Å². The van der Waals surface area contributed by atoms with E-state index in [1.165, 1.54) is 6.42 Å². The van der Waals surface area contributed by atoms with E-state index in [9.17, 15) is 4.79 Å². The third-order valence-corrected chi connectivity index (χ3v) is 2.58. The lowest BCUT2D eigenvalue weighted by atomic mass is 10.1. The fourth-order valence-electron chi connectivity index (χ4n) is 1.66. The topological polar surface area (TPSA) is 52.6 Å². The van der Waals surface area contributed by atoms with Crippen molar-refractivity contribution >= 4 is 6.03 Å². The van der Waals surface area contributed by atoms with Gasteiger partial charge in [-0.15, -0.1) is 0 Å². The monoisotopic (exact) mass is 200 g/mol. The van der Waals surface area contributed by atoms with Gasteiger partial charge >= 0.3 is 6.03 Å².